The molecular weight excluding hydrogens is 368 g/mol. The summed E-state index contributed by atoms with van der Waals surface area (Å²) in [7, 11) is 0. The van der Waals surface area contributed by atoms with Crippen LogP contribution < -0.4 is 21.3 Å². The van der Waals surface area contributed by atoms with Crippen LogP contribution in [0.5, 0.6) is 0 Å². The fourth-order valence-corrected chi connectivity index (χ4v) is 4.12. The third-order valence-corrected chi connectivity index (χ3v) is 5.40. The molecule has 152 valence electrons. The van der Waals surface area contributed by atoms with E-state index in [9.17, 15) is 9.59 Å². The van der Waals surface area contributed by atoms with Gasteiger partial charge in [-0.3, -0.25) is 9.59 Å². The summed E-state index contributed by atoms with van der Waals surface area (Å²) >= 11 is 0. The first-order valence-electron chi connectivity index (χ1n) is 10.0. The predicted octanol–water partition coefficient (Wildman–Crippen LogP) is 2.73. The average Bonchev–Trinajstić information content (AvgIpc) is 2.66. The van der Waals surface area contributed by atoms with Crippen molar-refractivity contribution in [1.29, 1.82) is 0 Å². The first-order valence-corrected chi connectivity index (χ1v) is 10.0. The second-order valence-corrected chi connectivity index (χ2v) is 7.89. The number of hydrogen-bond acceptors (Lipinski definition) is 6. The number of nitrogens with two attached hydrogens (primary N) is 1. The molecule has 0 radical (unpaired) electrons. The van der Waals surface area contributed by atoms with E-state index in [0.29, 0.717) is 23.0 Å². The third-order valence-electron chi connectivity index (χ3n) is 5.40. The van der Waals surface area contributed by atoms with E-state index in [0.717, 1.165) is 37.1 Å². The second kappa shape index (κ2) is 7.69. The van der Waals surface area contributed by atoms with E-state index < -0.39 is 5.92 Å². The summed E-state index contributed by atoms with van der Waals surface area (Å²) in [6.45, 7) is 5.67. The molecule has 2 aromatic rings. The van der Waals surface area contributed by atoms with Gasteiger partial charge in [-0.2, -0.15) is 9.97 Å². The largest absolute Gasteiger partial charge is 0.383 e. The normalized spacial score (nSPS) is 18.8. The van der Waals surface area contributed by atoms with Crippen LogP contribution >= 0.6 is 0 Å². The van der Waals surface area contributed by atoms with Crippen molar-refractivity contribution < 1.29 is 9.59 Å². The van der Waals surface area contributed by atoms with Crippen LogP contribution in [0.4, 0.5) is 23.3 Å². The highest BCUT2D eigenvalue weighted by Gasteiger charge is 2.35. The number of amides is 2. The maximum atomic E-state index is 13.0. The zero-order valence-electron chi connectivity index (χ0n) is 16.8. The quantitative estimate of drug-likeness (QED) is 0.738. The number of fused-ring (bicyclic) bond motifs is 1. The number of benzene rings is 1. The molecule has 1 aromatic heterocycles. The number of nitrogens with zero attached hydrogens (tertiary/aromatic N) is 3. The number of nitrogens with one attached hydrogen (secondary N) is 2. The van der Waals surface area contributed by atoms with Crippen molar-refractivity contribution in [3.63, 3.8) is 0 Å². The van der Waals surface area contributed by atoms with Gasteiger partial charge in [0.1, 0.15) is 11.6 Å². The molecule has 0 unspecified atom stereocenters. The van der Waals surface area contributed by atoms with E-state index in [2.05, 4.69) is 25.5 Å². The Balaban J connectivity index is 1.64. The Morgan fingerprint density at radius 1 is 1.14 bits per heavy atom. The van der Waals surface area contributed by atoms with Crippen molar-refractivity contribution >= 4 is 35.1 Å². The Morgan fingerprint density at radius 3 is 2.52 bits per heavy atom. The first-order chi connectivity index (χ1) is 13.9. The third kappa shape index (κ3) is 4.01. The van der Waals surface area contributed by atoms with Gasteiger partial charge in [0.25, 0.3) is 0 Å². The van der Waals surface area contributed by atoms with Crippen LogP contribution in [-0.4, -0.2) is 34.9 Å². The van der Waals surface area contributed by atoms with Gasteiger partial charge in [-0.25, -0.2) is 0 Å². The van der Waals surface area contributed by atoms with E-state index in [1.165, 1.54) is 6.42 Å². The Hall–Kier alpha value is -3.16. The topological polar surface area (TPSA) is 113 Å². The van der Waals surface area contributed by atoms with E-state index in [4.69, 9.17) is 5.73 Å². The minimum atomic E-state index is -0.727. The second-order valence-electron chi connectivity index (χ2n) is 7.89. The molecule has 0 saturated carbocycles. The highest BCUT2D eigenvalue weighted by Crippen LogP contribution is 2.37. The molecule has 1 atom stereocenters. The molecule has 2 aliphatic heterocycles. The number of piperidine rings is 1. The number of hydrogen-bond donors (Lipinski definition) is 3. The van der Waals surface area contributed by atoms with Gasteiger partial charge in [0.2, 0.25) is 17.8 Å². The van der Waals surface area contributed by atoms with E-state index in [-0.39, 0.29) is 24.1 Å². The fraction of sp³-hybridized carbons (Fsp3) is 0.429. The highest BCUT2D eigenvalue weighted by molar-refractivity contribution is 6.05. The molecule has 4 rings (SSSR count). The van der Waals surface area contributed by atoms with Crippen LogP contribution in [0.25, 0.3) is 0 Å². The molecule has 1 saturated heterocycles. The van der Waals surface area contributed by atoms with Gasteiger partial charge in [-0.05, 0) is 56.4 Å². The van der Waals surface area contributed by atoms with Crippen molar-refractivity contribution in [2.45, 2.75) is 45.4 Å². The average molecular weight is 394 g/mol. The van der Waals surface area contributed by atoms with Crippen LogP contribution in [0.15, 0.2) is 18.2 Å². The van der Waals surface area contributed by atoms with Gasteiger partial charge in [0.05, 0.1) is 11.5 Å². The maximum Gasteiger partial charge on any atom is 0.232 e. The number of carbonyl (C=O) groups is 2. The minimum absolute atomic E-state index is 0.0141. The summed E-state index contributed by atoms with van der Waals surface area (Å²) < 4.78 is 0. The summed E-state index contributed by atoms with van der Waals surface area (Å²) in [5, 5.41) is 5.69. The van der Waals surface area contributed by atoms with E-state index in [1.807, 2.05) is 32.0 Å². The summed E-state index contributed by atoms with van der Waals surface area (Å²) in [4.78, 5) is 36.4. The van der Waals surface area contributed by atoms with Gasteiger partial charge in [-0.1, -0.05) is 6.07 Å². The smallest absolute Gasteiger partial charge is 0.232 e. The zero-order valence-corrected chi connectivity index (χ0v) is 16.8. The number of aromatic nitrogens is 2. The Morgan fingerprint density at radius 2 is 1.83 bits per heavy atom. The van der Waals surface area contributed by atoms with Gasteiger partial charge in [0.15, 0.2) is 0 Å². The molecule has 0 bridgehead atoms. The summed E-state index contributed by atoms with van der Waals surface area (Å²) in [6.07, 6.45) is 3.36. The van der Waals surface area contributed by atoms with Crippen molar-refractivity contribution in [2.24, 2.45) is 0 Å². The lowest BCUT2D eigenvalue weighted by molar-refractivity contribution is -0.123. The minimum Gasteiger partial charge on any atom is -0.383 e. The summed E-state index contributed by atoms with van der Waals surface area (Å²) in [5.74, 6) is -0.162. The molecule has 2 amide bonds. The monoisotopic (exact) mass is 394 g/mol. The van der Waals surface area contributed by atoms with Gasteiger partial charge >= 0.3 is 0 Å². The van der Waals surface area contributed by atoms with Gasteiger partial charge in [0, 0.05) is 25.2 Å². The number of aryl methyl sites for hydroxylation is 2. The number of rotatable bonds is 3. The SMILES string of the molecule is Cc1cc(C)cc(NC(=O)[C@@H]2CC(=O)Nc3nc(N4CCCCC4)nc(N)c32)c1. The van der Waals surface area contributed by atoms with Crippen molar-refractivity contribution in [2.75, 3.05) is 34.4 Å². The Bertz CT molecular complexity index is 948. The first kappa shape index (κ1) is 19.2. The van der Waals surface area contributed by atoms with Gasteiger partial charge in [-0.15, -0.1) is 0 Å². The van der Waals surface area contributed by atoms with Crippen molar-refractivity contribution in [1.82, 2.24) is 9.97 Å². The lowest BCUT2D eigenvalue weighted by Gasteiger charge is -2.30. The standard InChI is InChI=1S/C21H26N6O2/c1-12-8-13(2)10-14(9-12)23-20(29)15-11-16(28)24-19-17(15)18(22)25-21(26-19)27-6-4-3-5-7-27/h8-10,15H,3-7,11H2,1-2H3,(H,23,29)(H3,22,24,25,26,28)/t15-/m1/s1. The van der Waals surface area contributed by atoms with Crippen LogP contribution in [-0.2, 0) is 9.59 Å². The molecular formula is C21H26N6O2. The number of carbonyl (C=O) groups excluding carboxylic acids is 2. The molecule has 0 spiro atoms. The summed E-state index contributed by atoms with van der Waals surface area (Å²) in [5.41, 5.74) is 9.55. The fourth-order valence-electron chi connectivity index (χ4n) is 4.12. The molecule has 2 aliphatic rings. The molecule has 4 N–H and O–H groups in total. The highest BCUT2D eigenvalue weighted by atomic mass is 16.2. The van der Waals surface area contributed by atoms with Crippen LogP contribution in [0.1, 0.15) is 48.3 Å². The zero-order chi connectivity index (χ0) is 20.5. The van der Waals surface area contributed by atoms with Crippen LogP contribution in [0.3, 0.4) is 0 Å². The van der Waals surface area contributed by atoms with Crippen molar-refractivity contribution in [3.05, 3.63) is 34.9 Å². The van der Waals surface area contributed by atoms with Crippen LogP contribution in [0.2, 0.25) is 0 Å². The van der Waals surface area contributed by atoms with Gasteiger partial charge < -0.3 is 21.3 Å². The summed E-state index contributed by atoms with van der Waals surface area (Å²) in [6, 6.07) is 5.83. The number of nitrogen functional groups attached to an aromatic ring is 1. The molecule has 29 heavy (non-hydrogen) atoms. The predicted molar refractivity (Wildman–Crippen MR) is 113 cm³/mol. The molecule has 1 fully saturated rings. The van der Waals surface area contributed by atoms with E-state index in [1.54, 1.807) is 0 Å². The van der Waals surface area contributed by atoms with Crippen LogP contribution in [0, 0.1) is 13.8 Å². The van der Waals surface area contributed by atoms with E-state index >= 15 is 0 Å². The molecule has 8 heteroatoms. The Labute approximate surface area is 169 Å². The lowest BCUT2D eigenvalue weighted by atomic mass is 9.91. The number of anilines is 4. The maximum absolute atomic E-state index is 13.0. The molecule has 8 nitrogen and oxygen atoms in total. The molecule has 0 aliphatic carbocycles. The molecule has 1 aromatic carbocycles. The van der Waals surface area contributed by atoms with Crippen molar-refractivity contribution in [3.8, 4) is 0 Å². The lowest BCUT2D eigenvalue weighted by Crippen LogP contribution is -2.35. The Kier molecular flexibility index (Phi) is 5.08. The molecule has 3 heterocycles.